The Kier molecular flexibility index (Phi) is 3.82. The Balaban J connectivity index is 2.23. The van der Waals surface area contributed by atoms with Crippen molar-refractivity contribution in [3.8, 4) is 0 Å². The van der Waals surface area contributed by atoms with E-state index in [9.17, 15) is 4.79 Å². The van der Waals surface area contributed by atoms with Gasteiger partial charge in [0.05, 0.1) is 6.10 Å². The average molecular weight is 192 g/mol. The highest BCUT2D eigenvalue weighted by atomic mass is 35.5. The van der Waals surface area contributed by atoms with Gasteiger partial charge >= 0.3 is 0 Å². The van der Waals surface area contributed by atoms with Gasteiger partial charge in [-0.25, -0.2) is 0 Å². The molecule has 1 aliphatic heterocycles. The molecule has 70 valence electrons. The van der Waals surface area contributed by atoms with Crippen molar-refractivity contribution in [1.82, 2.24) is 5.32 Å². The van der Waals surface area contributed by atoms with Crippen LogP contribution in [-0.2, 0) is 9.53 Å². The molecular weight excluding hydrogens is 178 g/mol. The second kappa shape index (κ2) is 4.67. The van der Waals surface area contributed by atoms with Crippen LogP contribution in [0, 0.1) is 0 Å². The Morgan fingerprint density at radius 3 is 2.92 bits per heavy atom. The summed E-state index contributed by atoms with van der Waals surface area (Å²) in [7, 11) is 0. The van der Waals surface area contributed by atoms with Crippen molar-refractivity contribution in [2.45, 2.75) is 32.0 Å². The number of hydrogen-bond acceptors (Lipinski definition) is 2. The molecule has 4 heteroatoms. The summed E-state index contributed by atoms with van der Waals surface area (Å²) in [5.41, 5.74) is 0. The predicted molar refractivity (Wildman–Crippen MR) is 47.3 cm³/mol. The maximum atomic E-state index is 11.3. The highest BCUT2D eigenvalue weighted by Gasteiger charge is 2.27. The standard InChI is InChI=1S/C8H14ClNO2/c1-6-2-3-7(12-6)8(11)10-5-4-9/h6-7H,2-5H2,1H3,(H,10,11). The molecule has 1 saturated heterocycles. The van der Waals surface area contributed by atoms with Crippen molar-refractivity contribution >= 4 is 17.5 Å². The van der Waals surface area contributed by atoms with Crippen LogP contribution < -0.4 is 5.32 Å². The van der Waals surface area contributed by atoms with E-state index in [1.54, 1.807) is 0 Å². The van der Waals surface area contributed by atoms with E-state index in [1.165, 1.54) is 0 Å². The molecule has 12 heavy (non-hydrogen) atoms. The molecule has 1 rings (SSSR count). The van der Waals surface area contributed by atoms with Crippen molar-refractivity contribution in [2.24, 2.45) is 0 Å². The third-order valence-corrected chi connectivity index (χ3v) is 2.11. The van der Waals surface area contributed by atoms with E-state index >= 15 is 0 Å². The van der Waals surface area contributed by atoms with Crippen LogP contribution in [0.25, 0.3) is 0 Å². The molecule has 0 aliphatic carbocycles. The summed E-state index contributed by atoms with van der Waals surface area (Å²) in [5.74, 6) is 0.425. The van der Waals surface area contributed by atoms with Crippen molar-refractivity contribution in [1.29, 1.82) is 0 Å². The van der Waals surface area contributed by atoms with Crippen molar-refractivity contribution < 1.29 is 9.53 Å². The van der Waals surface area contributed by atoms with Crippen LogP contribution in [-0.4, -0.2) is 30.5 Å². The summed E-state index contributed by atoms with van der Waals surface area (Å²) in [6.45, 7) is 2.50. The van der Waals surface area contributed by atoms with Gasteiger partial charge in [-0.3, -0.25) is 4.79 Å². The third kappa shape index (κ3) is 2.64. The fraction of sp³-hybridized carbons (Fsp3) is 0.875. The zero-order valence-electron chi connectivity index (χ0n) is 7.18. The molecule has 1 heterocycles. The summed E-state index contributed by atoms with van der Waals surface area (Å²) >= 11 is 5.43. The molecule has 2 atom stereocenters. The van der Waals surface area contributed by atoms with Crippen LogP contribution in [0.5, 0.6) is 0 Å². The summed E-state index contributed by atoms with van der Waals surface area (Å²) in [6, 6.07) is 0. The smallest absolute Gasteiger partial charge is 0.249 e. The molecule has 1 aliphatic rings. The first-order valence-electron chi connectivity index (χ1n) is 4.23. The second-order valence-corrected chi connectivity index (χ2v) is 3.37. The molecule has 2 unspecified atom stereocenters. The van der Waals surface area contributed by atoms with Gasteiger partial charge in [-0.2, -0.15) is 0 Å². The molecule has 0 bridgehead atoms. The van der Waals surface area contributed by atoms with Crippen LogP contribution >= 0.6 is 11.6 Å². The molecule has 0 aromatic rings. The van der Waals surface area contributed by atoms with Gasteiger partial charge < -0.3 is 10.1 Å². The van der Waals surface area contributed by atoms with E-state index in [1.807, 2.05) is 6.92 Å². The predicted octanol–water partition coefficient (Wildman–Crippen LogP) is 0.909. The minimum absolute atomic E-state index is 0.0278. The van der Waals surface area contributed by atoms with Gasteiger partial charge in [-0.1, -0.05) is 0 Å². The number of ether oxygens (including phenoxy) is 1. The van der Waals surface area contributed by atoms with Crippen LogP contribution in [0.15, 0.2) is 0 Å². The first kappa shape index (κ1) is 9.81. The van der Waals surface area contributed by atoms with Crippen molar-refractivity contribution in [2.75, 3.05) is 12.4 Å². The maximum Gasteiger partial charge on any atom is 0.249 e. The van der Waals surface area contributed by atoms with Gasteiger partial charge in [0.1, 0.15) is 6.10 Å². The van der Waals surface area contributed by atoms with Crippen LogP contribution in [0.1, 0.15) is 19.8 Å². The lowest BCUT2D eigenvalue weighted by atomic mass is 10.2. The van der Waals surface area contributed by atoms with Crippen LogP contribution in [0.2, 0.25) is 0 Å². The molecule has 0 aromatic carbocycles. The van der Waals surface area contributed by atoms with Crippen molar-refractivity contribution in [3.63, 3.8) is 0 Å². The third-order valence-electron chi connectivity index (χ3n) is 1.92. The molecule has 0 spiro atoms. The summed E-state index contributed by atoms with van der Waals surface area (Å²) in [5, 5.41) is 2.70. The topological polar surface area (TPSA) is 38.3 Å². The zero-order chi connectivity index (χ0) is 8.97. The SMILES string of the molecule is CC1CCC(C(=O)NCCCl)O1. The van der Waals surface area contributed by atoms with E-state index in [-0.39, 0.29) is 18.1 Å². The number of halogens is 1. The normalized spacial score (nSPS) is 28.8. The van der Waals surface area contributed by atoms with Gasteiger partial charge in [0, 0.05) is 12.4 Å². The monoisotopic (exact) mass is 191 g/mol. The number of carbonyl (C=O) groups excluding carboxylic acids is 1. The lowest BCUT2D eigenvalue weighted by Crippen LogP contribution is -2.35. The average Bonchev–Trinajstić information content (AvgIpc) is 2.47. The van der Waals surface area contributed by atoms with E-state index in [0.29, 0.717) is 12.4 Å². The molecule has 1 amide bonds. The fourth-order valence-electron chi connectivity index (χ4n) is 1.28. The van der Waals surface area contributed by atoms with E-state index in [0.717, 1.165) is 12.8 Å². The van der Waals surface area contributed by atoms with Gasteiger partial charge in [0.25, 0.3) is 0 Å². The fourth-order valence-corrected chi connectivity index (χ4v) is 1.37. The number of carbonyl (C=O) groups is 1. The Bertz CT molecular complexity index is 163. The van der Waals surface area contributed by atoms with E-state index in [2.05, 4.69) is 5.32 Å². The van der Waals surface area contributed by atoms with E-state index < -0.39 is 0 Å². The van der Waals surface area contributed by atoms with Gasteiger partial charge in [-0.05, 0) is 19.8 Å². The quantitative estimate of drug-likeness (QED) is 0.674. The molecular formula is C8H14ClNO2. The molecule has 0 aromatic heterocycles. The molecule has 3 nitrogen and oxygen atoms in total. The van der Waals surface area contributed by atoms with Gasteiger partial charge in [0.2, 0.25) is 5.91 Å². The Morgan fingerprint density at radius 1 is 1.67 bits per heavy atom. The Hall–Kier alpha value is -0.280. The van der Waals surface area contributed by atoms with Crippen LogP contribution in [0.3, 0.4) is 0 Å². The van der Waals surface area contributed by atoms with Gasteiger partial charge in [-0.15, -0.1) is 11.6 Å². The molecule has 1 fully saturated rings. The Labute approximate surface area is 77.4 Å². The summed E-state index contributed by atoms with van der Waals surface area (Å²) < 4.78 is 5.36. The molecule has 0 radical (unpaired) electrons. The maximum absolute atomic E-state index is 11.3. The first-order chi connectivity index (χ1) is 5.74. The number of hydrogen-bond donors (Lipinski definition) is 1. The lowest BCUT2D eigenvalue weighted by molar-refractivity contribution is -0.131. The highest BCUT2D eigenvalue weighted by molar-refractivity contribution is 6.18. The number of amides is 1. The van der Waals surface area contributed by atoms with E-state index in [4.69, 9.17) is 16.3 Å². The largest absolute Gasteiger partial charge is 0.365 e. The van der Waals surface area contributed by atoms with Gasteiger partial charge in [0.15, 0.2) is 0 Å². The first-order valence-corrected chi connectivity index (χ1v) is 4.76. The second-order valence-electron chi connectivity index (χ2n) is 2.99. The Morgan fingerprint density at radius 2 is 2.42 bits per heavy atom. The minimum Gasteiger partial charge on any atom is -0.365 e. The zero-order valence-corrected chi connectivity index (χ0v) is 7.93. The van der Waals surface area contributed by atoms with Crippen LogP contribution in [0.4, 0.5) is 0 Å². The summed E-state index contributed by atoms with van der Waals surface area (Å²) in [4.78, 5) is 11.3. The summed E-state index contributed by atoms with van der Waals surface area (Å²) in [6.07, 6.45) is 1.77. The number of nitrogens with one attached hydrogen (secondary N) is 1. The number of alkyl halides is 1. The lowest BCUT2D eigenvalue weighted by Gasteiger charge is -2.10. The highest BCUT2D eigenvalue weighted by Crippen LogP contribution is 2.18. The molecule has 0 saturated carbocycles. The van der Waals surface area contributed by atoms with Crippen molar-refractivity contribution in [3.05, 3.63) is 0 Å². The number of rotatable bonds is 3. The minimum atomic E-state index is -0.247. The molecule has 1 N–H and O–H groups in total.